The number of aromatic nitrogens is 2. The van der Waals surface area contributed by atoms with Gasteiger partial charge in [-0.05, 0) is 38.3 Å². The van der Waals surface area contributed by atoms with Crippen molar-refractivity contribution in [1.29, 1.82) is 0 Å². The Hall–Kier alpha value is -1.03. The summed E-state index contributed by atoms with van der Waals surface area (Å²) in [6, 6.07) is 0.463. The van der Waals surface area contributed by atoms with Crippen molar-refractivity contribution in [3.8, 4) is 0 Å². The van der Waals surface area contributed by atoms with Crippen LogP contribution in [0.1, 0.15) is 38.3 Å². The highest BCUT2D eigenvalue weighted by Gasteiger charge is 2.21. The van der Waals surface area contributed by atoms with Crippen LogP contribution in [-0.2, 0) is 0 Å². The second kappa shape index (κ2) is 5.08. The zero-order valence-corrected chi connectivity index (χ0v) is 11.2. The third-order valence-electron chi connectivity index (χ3n) is 3.41. The first kappa shape index (κ1) is 12.4. The molecule has 0 saturated carbocycles. The lowest BCUT2D eigenvalue weighted by Gasteiger charge is -2.29. The molecule has 4 nitrogen and oxygen atoms in total. The lowest BCUT2D eigenvalue weighted by Crippen LogP contribution is -2.34. The quantitative estimate of drug-likeness (QED) is 0.783. The molecular formula is C12H19ClN4. The van der Waals surface area contributed by atoms with Crippen molar-refractivity contribution in [1.82, 2.24) is 9.97 Å². The molecule has 1 aliphatic rings. The van der Waals surface area contributed by atoms with Crippen molar-refractivity contribution in [2.24, 2.45) is 0 Å². The van der Waals surface area contributed by atoms with Crippen LogP contribution in [0.4, 0.5) is 11.5 Å². The van der Waals surface area contributed by atoms with Crippen molar-refractivity contribution in [2.45, 2.75) is 45.6 Å². The molecule has 1 unspecified atom stereocenters. The molecule has 94 valence electrons. The SMILES string of the molecule is Cc1nc(Cl)nc(N2CCCCCC2C)c1N. The number of nitrogen functional groups attached to an aromatic ring is 1. The lowest BCUT2D eigenvalue weighted by molar-refractivity contribution is 0.611. The third kappa shape index (κ3) is 2.63. The second-order valence-electron chi connectivity index (χ2n) is 4.71. The average Bonchev–Trinajstić information content (AvgIpc) is 2.48. The molecule has 1 saturated heterocycles. The zero-order valence-electron chi connectivity index (χ0n) is 10.4. The van der Waals surface area contributed by atoms with Crippen molar-refractivity contribution in [3.63, 3.8) is 0 Å². The van der Waals surface area contributed by atoms with Crippen LogP contribution in [0.15, 0.2) is 0 Å². The molecule has 2 heterocycles. The Labute approximate surface area is 107 Å². The molecule has 17 heavy (non-hydrogen) atoms. The van der Waals surface area contributed by atoms with Gasteiger partial charge in [0, 0.05) is 12.6 Å². The lowest BCUT2D eigenvalue weighted by atomic mass is 10.1. The van der Waals surface area contributed by atoms with Gasteiger partial charge in [-0.1, -0.05) is 12.8 Å². The van der Waals surface area contributed by atoms with Crippen LogP contribution in [-0.4, -0.2) is 22.6 Å². The Kier molecular flexibility index (Phi) is 3.72. The van der Waals surface area contributed by atoms with E-state index in [-0.39, 0.29) is 5.28 Å². The van der Waals surface area contributed by atoms with Gasteiger partial charge in [0.25, 0.3) is 0 Å². The van der Waals surface area contributed by atoms with Crippen LogP contribution in [0.5, 0.6) is 0 Å². The van der Waals surface area contributed by atoms with Gasteiger partial charge in [0.1, 0.15) is 0 Å². The highest BCUT2D eigenvalue weighted by atomic mass is 35.5. The molecule has 0 radical (unpaired) electrons. The van der Waals surface area contributed by atoms with E-state index in [0.717, 1.165) is 18.1 Å². The number of nitrogens with zero attached hydrogens (tertiary/aromatic N) is 3. The van der Waals surface area contributed by atoms with E-state index in [2.05, 4.69) is 21.8 Å². The number of aryl methyl sites for hydroxylation is 1. The largest absolute Gasteiger partial charge is 0.394 e. The Balaban J connectivity index is 2.37. The minimum atomic E-state index is 0.281. The number of rotatable bonds is 1. The molecule has 2 N–H and O–H groups in total. The normalized spacial score (nSPS) is 21.4. The maximum absolute atomic E-state index is 6.07. The number of hydrogen-bond donors (Lipinski definition) is 1. The van der Waals surface area contributed by atoms with E-state index in [1.54, 1.807) is 0 Å². The summed E-state index contributed by atoms with van der Waals surface area (Å²) in [5.74, 6) is 0.803. The van der Waals surface area contributed by atoms with Gasteiger partial charge in [-0.3, -0.25) is 0 Å². The van der Waals surface area contributed by atoms with E-state index >= 15 is 0 Å². The molecule has 0 amide bonds. The number of halogens is 1. The Morgan fingerprint density at radius 1 is 1.29 bits per heavy atom. The molecule has 1 aliphatic heterocycles. The van der Waals surface area contributed by atoms with E-state index in [9.17, 15) is 0 Å². The van der Waals surface area contributed by atoms with Gasteiger partial charge in [-0.25, -0.2) is 4.98 Å². The molecule has 0 spiro atoms. The predicted octanol–water partition coefficient (Wildman–Crippen LogP) is 2.79. The van der Waals surface area contributed by atoms with Crippen LogP contribution < -0.4 is 10.6 Å². The zero-order chi connectivity index (χ0) is 12.4. The number of hydrogen-bond acceptors (Lipinski definition) is 4. The monoisotopic (exact) mass is 254 g/mol. The van der Waals surface area contributed by atoms with Crippen molar-refractivity contribution in [3.05, 3.63) is 11.0 Å². The smallest absolute Gasteiger partial charge is 0.224 e. The van der Waals surface area contributed by atoms with Crippen LogP contribution in [0, 0.1) is 6.92 Å². The van der Waals surface area contributed by atoms with Crippen molar-refractivity contribution < 1.29 is 0 Å². The van der Waals surface area contributed by atoms with Gasteiger partial charge < -0.3 is 10.6 Å². The summed E-state index contributed by atoms with van der Waals surface area (Å²) in [6.07, 6.45) is 4.92. The Bertz CT molecular complexity index is 408. The van der Waals surface area contributed by atoms with E-state index in [0.29, 0.717) is 11.7 Å². The highest BCUT2D eigenvalue weighted by Crippen LogP contribution is 2.29. The molecule has 1 aromatic rings. The fourth-order valence-corrected chi connectivity index (χ4v) is 2.55. The molecule has 1 aromatic heterocycles. The van der Waals surface area contributed by atoms with Gasteiger partial charge in [0.15, 0.2) is 5.82 Å². The fraction of sp³-hybridized carbons (Fsp3) is 0.667. The molecule has 2 rings (SSSR count). The standard InChI is InChI=1S/C12H19ClN4/c1-8-6-4-3-5-7-17(8)11-10(14)9(2)15-12(13)16-11/h8H,3-7,14H2,1-2H3. The van der Waals surface area contributed by atoms with Crippen LogP contribution >= 0.6 is 11.6 Å². The fourth-order valence-electron chi connectivity index (χ4n) is 2.34. The van der Waals surface area contributed by atoms with Crippen LogP contribution in [0.2, 0.25) is 5.28 Å². The summed E-state index contributed by atoms with van der Waals surface area (Å²) in [7, 11) is 0. The molecule has 1 fully saturated rings. The Morgan fingerprint density at radius 2 is 2.06 bits per heavy atom. The van der Waals surface area contributed by atoms with E-state index in [1.807, 2.05) is 6.92 Å². The van der Waals surface area contributed by atoms with Crippen molar-refractivity contribution >= 4 is 23.1 Å². The minimum absolute atomic E-state index is 0.281. The van der Waals surface area contributed by atoms with E-state index in [4.69, 9.17) is 17.3 Å². The Morgan fingerprint density at radius 3 is 2.82 bits per heavy atom. The summed E-state index contributed by atoms with van der Waals surface area (Å²) in [4.78, 5) is 10.7. The first-order chi connectivity index (χ1) is 8.09. The first-order valence-corrected chi connectivity index (χ1v) is 6.53. The van der Waals surface area contributed by atoms with Gasteiger partial charge in [-0.2, -0.15) is 4.98 Å². The summed E-state index contributed by atoms with van der Waals surface area (Å²) in [5.41, 5.74) is 7.49. The van der Waals surface area contributed by atoms with E-state index < -0.39 is 0 Å². The third-order valence-corrected chi connectivity index (χ3v) is 3.58. The minimum Gasteiger partial charge on any atom is -0.394 e. The predicted molar refractivity (Wildman–Crippen MR) is 71.5 cm³/mol. The highest BCUT2D eigenvalue weighted by molar-refractivity contribution is 6.28. The molecule has 1 atom stereocenters. The average molecular weight is 255 g/mol. The van der Waals surface area contributed by atoms with Crippen LogP contribution in [0.3, 0.4) is 0 Å². The maximum Gasteiger partial charge on any atom is 0.224 e. The van der Waals surface area contributed by atoms with Gasteiger partial charge in [-0.15, -0.1) is 0 Å². The van der Waals surface area contributed by atoms with Crippen molar-refractivity contribution in [2.75, 3.05) is 17.2 Å². The second-order valence-corrected chi connectivity index (χ2v) is 5.05. The van der Waals surface area contributed by atoms with E-state index in [1.165, 1.54) is 25.7 Å². The van der Waals surface area contributed by atoms with Gasteiger partial charge in [0.05, 0.1) is 11.4 Å². The molecular weight excluding hydrogens is 236 g/mol. The summed E-state index contributed by atoms with van der Waals surface area (Å²) < 4.78 is 0. The number of anilines is 2. The molecule has 0 aromatic carbocycles. The van der Waals surface area contributed by atoms with Crippen LogP contribution in [0.25, 0.3) is 0 Å². The summed E-state index contributed by atoms with van der Waals surface area (Å²) in [6.45, 7) is 5.09. The molecule has 5 heteroatoms. The maximum atomic E-state index is 6.07. The van der Waals surface area contributed by atoms with Gasteiger partial charge in [0.2, 0.25) is 5.28 Å². The first-order valence-electron chi connectivity index (χ1n) is 6.16. The molecule has 0 aliphatic carbocycles. The summed E-state index contributed by atoms with van der Waals surface area (Å²) >= 11 is 5.93. The number of nitrogens with two attached hydrogens (primary N) is 1. The topological polar surface area (TPSA) is 55.0 Å². The summed E-state index contributed by atoms with van der Waals surface area (Å²) in [5, 5.41) is 0.281. The van der Waals surface area contributed by atoms with Gasteiger partial charge >= 0.3 is 0 Å². The molecule has 0 bridgehead atoms.